The number of H-pyrrole nitrogens is 1. The standard InChI is InChI=1S/C33H32F2N6O4/c1-17(2)9-27(40(3)30(43)26-13-21-23(35)11-20(34)12-25(21)38-26)31(44)41-16-33(14-28(41)29(36)42)22-10-18(19-5-4-8-37-15-19)6-7-24(22)39-32(33)45/h4-8,10-13,15,17,27-28,38H,9,14,16H2,1-3H3,(H2,36,42)(H,39,45)/t27-,28-,33-/m0/s1. The summed E-state index contributed by atoms with van der Waals surface area (Å²) >= 11 is 0. The molecule has 1 spiro atoms. The van der Waals surface area contributed by atoms with Gasteiger partial charge in [-0.25, -0.2) is 8.78 Å². The van der Waals surface area contributed by atoms with Crippen LogP contribution in [0.4, 0.5) is 14.5 Å². The highest BCUT2D eigenvalue weighted by atomic mass is 19.1. The smallest absolute Gasteiger partial charge is 0.270 e. The maximum Gasteiger partial charge on any atom is 0.270 e. The molecular weight excluding hydrogens is 582 g/mol. The average Bonchev–Trinajstić information content (AvgIpc) is 3.70. The van der Waals surface area contributed by atoms with Gasteiger partial charge in [0.15, 0.2) is 0 Å². The predicted molar refractivity (Wildman–Crippen MR) is 163 cm³/mol. The van der Waals surface area contributed by atoms with Gasteiger partial charge in [0, 0.05) is 43.1 Å². The number of primary amides is 1. The Morgan fingerprint density at radius 1 is 1.13 bits per heavy atom. The summed E-state index contributed by atoms with van der Waals surface area (Å²) in [7, 11) is 1.44. The molecule has 1 saturated heterocycles. The molecule has 232 valence electrons. The van der Waals surface area contributed by atoms with Crippen molar-refractivity contribution in [1.29, 1.82) is 0 Å². The van der Waals surface area contributed by atoms with E-state index in [1.807, 2.05) is 32.0 Å². The summed E-state index contributed by atoms with van der Waals surface area (Å²) < 4.78 is 28.2. The maximum atomic E-state index is 14.4. The maximum absolute atomic E-state index is 14.4. The van der Waals surface area contributed by atoms with E-state index in [1.165, 1.54) is 22.9 Å². The normalized spacial score (nSPS) is 19.6. The molecular formula is C33H32F2N6O4. The summed E-state index contributed by atoms with van der Waals surface area (Å²) in [4.78, 5) is 63.9. The average molecular weight is 615 g/mol. The van der Waals surface area contributed by atoms with E-state index in [4.69, 9.17) is 5.73 Å². The molecule has 4 N–H and O–H groups in total. The Morgan fingerprint density at radius 3 is 2.60 bits per heavy atom. The van der Waals surface area contributed by atoms with Gasteiger partial charge in [0.2, 0.25) is 17.7 Å². The third kappa shape index (κ3) is 5.09. The van der Waals surface area contributed by atoms with Gasteiger partial charge < -0.3 is 25.8 Å². The lowest BCUT2D eigenvalue weighted by Crippen LogP contribution is -2.54. The second-order valence-electron chi connectivity index (χ2n) is 12.2. The Hall–Kier alpha value is -5.13. The number of halogens is 2. The van der Waals surface area contributed by atoms with E-state index in [9.17, 15) is 28.0 Å². The molecule has 3 atom stereocenters. The van der Waals surface area contributed by atoms with Gasteiger partial charge in [-0.05, 0) is 65.8 Å². The van der Waals surface area contributed by atoms with Crippen LogP contribution in [-0.4, -0.2) is 69.1 Å². The number of amides is 4. The molecule has 0 saturated carbocycles. The van der Waals surface area contributed by atoms with Crippen LogP contribution in [0.3, 0.4) is 0 Å². The second-order valence-corrected chi connectivity index (χ2v) is 12.2. The number of nitrogens with zero attached hydrogens (tertiary/aromatic N) is 3. The van der Waals surface area contributed by atoms with E-state index < -0.39 is 46.9 Å². The minimum absolute atomic E-state index is 0.0255. The van der Waals surface area contributed by atoms with E-state index in [1.54, 1.807) is 24.5 Å². The number of hydrogen-bond donors (Lipinski definition) is 3. The Balaban J connectivity index is 1.35. The number of carbonyl (C=O) groups excluding carboxylic acids is 4. The van der Waals surface area contributed by atoms with E-state index in [2.05, 4.69) is 15.3 Å². The quantitative estimate of drug-likeness (QED) is 0.289. The van der Waals surface area contributed by atoms with Crippen molar-refractivity contribution in [2.45, 2.75) is 44.2 Å². The van der Waals surface area contributed by atoms with Gasteiger partial charge in [-0.2, -0.15) is 0 Å². The topological polar surface area (TPSA) is 141 Å². The first-order valence-electron chi connectivity index (χ1n) is 14.6. The summed E-state index contributed by atoms with van der Waals surface area (Å²) in [5.41, 5.74) is 7.54. The van der Waals surface area contributed by atoms with Crippen LogP contribution in [0.15, 0.2) is 60.9 Å². The molecule has 6 rings (SSSR count). The number of carbonyl (C=O) groups is 4. The monoisotopic (exact) mass is 614 g/mol. The first-order chi connectivity index (χ1) is 21.4. The van der Waals surface area contributed by atoms with E-state index in [0.29, 0.717) is 11.3 Å². The van der Waals surface area contributed by atoms with Crippen LogP contribution < -0.4 is 11.1 Å². The lowest BCUT2D eigenvalue weighted by Gasteiger charge is -2.33. The van der Waals surface area contributed by atoms with Crippen molar-refractivity contribution < 1.29 is 28.0 Å². The van der Waals surface area contributed by atoms with Crippen LogP contribution in [0, 0.1) is 17.6 Å². The molecule has 0 radical (unpaired) electrons. The molecule has 0 bridgehead atoms. The molecule has 10 nitrogen and oxygen atoms in total. The summed E-state index contributed by atoms with van der Waals surface area (Å²) in [6, 6.07) is 10.1. The Morgan fingerprint density at radius 2 is 1.91 bits per heavy atom. The van der Waals surface area contributed by atoms with E-state index in [0.717, 1.165) is 23.3 Å². The summed E-state index contributed by atoms with van der Waals surface area (Å²) in [5.74, 6) is -3.96. The number of likely N-dealkylation sites (N-methyl/N-ethyl adjacent to an activating group) is 1. The molecule has 4 heterocycles. The fourth-order valence-electron chi connectivity index (χ4n) is 6.55. The number of rotatable bonds is 7. The van der Waals surface area contributed by atoms with Gasteiger partial charge in [0.1, 0.15) is 29.4 Å². The Kier molecular flexibility index (Phi) is 7.38. The molecule has 12 heteroatoms. The molecule has 0 aliphatic carbocycles. The third-order valence-electron chi connectivity index (χ3n) is 8.83. The lowest BCUT2D eigenvalue weighted by atomic mass is 9.78. The number of benzene rings is 2. The zero-order chi connectivity index (χ0) is 32.2. The van der Waals surface area contributed by atoms with Gasteiger partial charge in [-0.1, -0.05) is 26.0 Å². The molecule has 2 aliphatic heterocycles. The van der Waals surface area contributed by atoms with Crippen LogP contribution >= 0.6 is 0 Å². The van der Waals surface area contributed by atoms with Crippen molar-refractivity contribution in [3.8, 4) is 11.1 Å². The van der Waals surface area contributed by atoms with Crippen LogP contribution in [0.5, 0.6) is 0 Å². The van der Waals surface area contributed by atoms with Gasteiger partial charge >= 0.3 is 0 Å². The highest BCUT2D eigenvalue weighted by Gasteiger charge is 2.58. The highest BCUT2D eigenvalue weighted by Crippen LogP contribution is 2.48. The molecule has 45 heavy (non-hydrogen) atoms. The lowest BCUT2D eigenvalue weighted by molar-refractivity contribution is -0.141. The van der Waals surface area contributed by atoms with Gasteiger partial charge in [-0.3, -0.25) is 24.2 Å². The first-order valence-corrected chi connectivity index (χ1v) is 14.6. The van der Waals surface area contributed by atoms with Crippen LogP contribution in [0.25, 0.3) is 22.0 Å². The molecule has 1 fully saturated rings. The molecule has 4 amide bonds. The van der Waals surface area contributed by atoms with Gasteiger partial charge in [0.05, 0.1) is 10.9 Å². The number of likely N-dealkylation sites (tertiary alicyclic amines) is 1. The number of fused-ring (bicyclic) bond motifs is 3. The summed E-state index contributed by atoms with van der Waals surface area (Å²) in [5, 5.41) is 2.94. The van der Waals surface area contributed by atoms with E-state index in [-0.39, 0.29) is 47.8 Å². The number of hydrogen-bond acceptors (Lipinski definition) is 5. The number of nitrogens with two attached hydrogens (primary N) is 1. The van der Waals surface area contributed by atoms with Crippen LogP contribution in [0.2, 0.25) is 0 Å². The predicted octanol–water partition coefficient (Wildman–Crippen LogP) is 3.97. The van der Waals surface area contributed by atoms with E-state index >= 15 is 0 Å². The van der Waals surface area contributed by atoms with Gasteiger partial charge in [0.25, 0.3) is 5.91 Å². The first kappa shape index (κ1) is 29.9. The molecule has 0 unspecified atom stereocenters. The van der Waals surface area contributed by atoms with Crippen LogP contribution in [-0.2, 0) is 19.8 Å². The van der Waals surface area contributed by atoms with Crippen molar-refractivity contribution in [3.05, 3.63) is 83.8 Å². The highest BCUT2D eigenvalue weighted by molar-refractivity contribution is 6.09. The summed E-state index contributed by atoms with van der Waals surface area (Å²) in [6.45, 7) is 3.65. The summed E-state index contributed by atoms with van der Waals surface area (Å²) in [6.07, 6.45) is 3.57. The zero-order valence-electron chi connectivity index (χ0n) is 24.9. The number of nitrogens with one attached hydrogen (secondary N) is 2. The Bertz CT molecular complexity index is 1860. The SMILES string of the molecule is CC(C)C[C@@H](C(=O)N1C[C@]2(C[C@H]1C(N)=O)C(=O)Nc1ccc(-c3cccnc3)cc12)N(C)C(=O)c1cc2c(F)cc(F)cc2[nH]1. The number of aromatic amines is 1. The Labute approximate surface area is 257 Å². The second kappa shape index (κ2) is 11.1. The number of pyridine rings is 1. The van der Waals surface area contributed by atoms with Gasteiger partial charge in [-0.15, -0.1) is 0 Å². The largest absolute Gasteiger partial charge is 0.368 e. The molecule has 2 aromatic heterocycles. The van der Waals surface area contributed by atoms with Crippen molar-refractivity contribution >= 4 is 40.2 Å². The zero-order valence-corrected chi connectivity index (χ0v) is 24.9. The minimum Gasteiger partial charge on any atom is -0.368 e. The molecule has 4 aromatic rings. The molecule has 2 aromatic carbocycles. The van der Waals surface area contributed by atoms with Crippen molar-refractivity contribution in [3.63, 3.8) is 0 Å². The fourth-order valence-corrected chi connectivity index (χ4v) is 6.55. The van der Waals surface area contributed by atoms with Crippen LogP contribution in [0.1, 0.15) is 42.7 Å². The minimum atomic E-state index is -1.24. The number of anilines is 1. The van der Waals surface area contributed by atoms with Crippen molar-refractivity contribution in [2.24, 2.45) is 11.7 Å². The van der Waals surface area contributed by atoms with Crippen molar-refractivity contribution in [1.82, 2.24) is 19.8 Å². The third-order valence-corrected chi connectivity index (χ3v) is 8.83. The number of aromatic nitrogens is 2. The molecule has 2 aliphatic rings. The van der Waals surface area contributed by atoms with Crippen molar-refractivity contribution in [2.75, 3.05) is 18.9 Å². The fraction of sp³-hybridized carbons (Fsp3) is 0.303.